The van der Waals surface area contributed by atoms with Crippen LogP contribution in [0.25, 0.3) is 10.8 Å². The van der Waals surface area contributed by atoms with Gasteiger partial charge in [-0.3, -0.25) is 24.6 Å². The molecule has 0 radical (unpaired) electrons. The van der Waals surface area contributed by atoms with Crippen LogP contribution in [0.5, 0.6) is 0 Å². The second-order valence-electron chi connectivity index (χ2n) is 9.21. The summed E-state index contributed by atoms with van der Waals surface area (Å²) in [7, 11) is 0. The zero-order valence-electron chi connectivity index (χ0n) is 19.2. The number of carbonyl (C=O) groups is 1. The number of aromatic nitrogens is 2. The molecule has 2 N–H and O–H groups in total. The van der Waals surface area contributed by atoms with Crippen LogP contribution < -0.4 is 16.4 Å². The highest BCUT2D eigenvalue weighted by Crippen LogP contribution is 2.48. The first-order chi connectivity index (χ1) is 17.2. The van der Waals surface area contributed by atoms with Gasteiger partial charge in [0.05, 0.1) is 5.03 Å². The lowest BCUT2D eigenvalue weighted by Gasteiger charge is -2.18. The lowest BCUT2D eigenvalue weighted by molar-refractivity contribution is -0.124. The molecule has 7 heteroatoms. The first-order valence-electron chi connectivity index (χ1n) is 12.0. The van der Waals surface area contributed by atoms with Crippen molar-refractivity contribution >= 4 is 28.4 Å². The number of carbonyl (C=O) groups excluding carboxylic acids is 1. The topological polar surface area (TPSA) is 76.0 Å². The predicted molar refractivity (Wildman–Crippen MR) is 138 cm³/mol. The number of benzene rings is 2. The molecular weight excluding hydrogens is 456 g/mol. The van der Waals surface area contributed by atoms with Crippen molar-refractivity contribution in [2.24, 2.45) is 0 Å². The monoisotopic (exact) mass is 482 g/mol. The Hall–Kier alpha value is -3.42. The van der Waals surface area contributed by atoms with Gasteiger partial charge in [0, 0.05) is 30.8 Å². The van der Waals surface area contributed by atoms with Gasteiger partial charge in [0.2, 0.25) is 0 Å². The average Bonchev–Trinajstić information content (AvgIpc) is 3.61. The molecule has 35 heavy (non-hydrogen) atoms. The molecule has 176 valence electrons. The van der Waals surface area contributed by atoms with Crippen molar-refractivity contribution in [1.82, 2.24) is 20.4 Å². The minimum absolute atomic E-state index is 0.0982. The summed E-state index contributed by atoms with van der Waals surface area (Å²) in [6.07, 6.45) is 6.44. The van der Waals surface area contributed by atoms with Gasteiger partial charge in [0.15, 0.2) is 0 Å². The Bertz CT molecular complexity index is 1460. The molecule has 1 aliphatic carbocycles. The van der Waals surface area contributed by atoms with Crippen LogP contribution in [0.3, 0.4) is 0 Å². The number of rotatable bonds is 7. The standard InChI is InChI=1S/C28H26N4O2S/c33-25-15-22(14-21-6-3-5-19-4-1-2-7-23(19)21)26(20-8-9-20)28-32(25)24(17-35-28)27(34)31-30-16-18-10-12-29-13-11-18/h1-7,10-13,15,20,24,30H,8-9,14,16-17H2,(H,31,34). The smallest absolute Gasteiger partial charge is 0.258 e. The molecule has 1 aliphatic heterocycles. The van der Waals surface area contributed by atoms with E-state index in [9.17, 15) is 9.59 Å². The Morgan fingerprint density at radius 2 is 1.83 bits per heavy atom. The Morgan fingerprint density at radius 1 is 1.03 bits per heavy atom. The highest BCUT2D eigenvalue weighted by Gasteiger charge is 2.37. The van der Waals surface area contributed by atoms with E-state index in [2.05, 4.69) is 58.3 Å². The van der Waals surface area contributed by atoms with E-state index < -0.39 is 6.04 Å². The maximum Gasteiger partial charge on any atom is 0.258 e. The van der Waals surface area contributed by atoms with Gasteiger partial charge in [-0.15, -0.1) is 11.8 Å². The fraction of sp³-hybridized carbons (Fsp3) is 0.250. The number of hydrazine groups is 1. The molecule has 2 aliphatic rings. The van der Waals surface area contributed by atoms with Gasteiger partial charge in [-0.2, -0.15) is 0 Å². The molecule has 4 aromatic rings. The zero-order valence-corrected chi connectivity index (χ0v) is 20.1. The van der Waals surface area contributed by atoms with Crippen molar-refractivity contribution in [1.29, 1.82) is 0 Å². The van der Waals surface area contributed by atoms with Crippen molar-refractivity contribution in [2.45, 2.75) is 42.8 Å². The quantitative estimate of drug-likeness (QED) is 0.384. The Morgan fingerprint density at radius 3 is 2.66 bits per heavy atom. The molecule has 1 amide bonds. The summed E-state index contributed by atoms with van der Waals surface area (Å²) in [4.78, 5) is 30.4. The summed E-state index contributed by atoms with van der Waals surface area (Å²) in [5, 5.41) is 3.41. The number of thioether (sulfide) groups is 1. The summed E-state index contributed by atoms with van der Waals surface area (Å²) >= 11 is 1.64. The van der Waals surface area contributed by atoms with Gasteiger partial charge in [-0.05, 0) is 70.3 Å². The maximum atomic E-state index is 13.3. The van der Waals surface area contributed by atoms with Gasteiger partial charge >= 0.3 is 0 Å². The minimum Gasteiger partial charge on any atom is -0.289 e. The van der Waals surface area contributed by atoms with Crippen LogP contribution >= 0.6 is 11.8 Å². The molecule has 3 heterocycles. The molecule has 6 rings (SSSR count). The van der Waals surface area contributed by atoms with Crippen molar-refractivity contribution in [3.05, 3.63) is 106 Å². The van der Waals surface area contributed by atoms with E-state index in [1.165, 1.54) is 21.9 Å². The molecule has 2 aromatic carbocycles. The molecule has 0 saturated heterocycles. The van der Waals surface area contributed by atoms with E-state index in [1.54, 1.807) is 34.8 Å². The van der Waals surface area contributed by atoms with E-state index >= 15 is 0 Å². The molecule has 1 fully saturated rings. The fourth-order valence-corrected chi connectivity index (χ4v) is 6.38. The number of fused-ring (bicyclic) bond motifs is 2. The SMILES string of the molecule is O=C(NNCc1ccncc1)C1CSc2c(C3CC3)c(Cc3cccc4ccccc34)cc(=O)n21. The zero-order chi connectivity index (χ0) is 23.8. The van der Waals surface area contributed by atoms with Crippen molar-refractivity contribution < 1.29 is 4.79 Å². The second-order valence-corrected chi connectivity index (χ2v) is 10.2. The normalized spacial score (nSPS) is 16.9. The van der Waals surface area contributed by atoms with E-state index in [1.807, 2.05) is 12.1 Å². The predicted octanol–water partition coefficient (Wildman–Crippen LogP) is 4.33. The molecule has 1 atom stereocenters. The first-order valence-corrected chi connectivity index (χ1v) is 13.0. The van der Waals surface area contributed by atoms with Crippen LogP contribution in [0.4, 0.5) is 0 Å². The van der Waals surface area contributed by atoms with E-state index in [-0.39, 0.29) is 11.5 Å². The lowest BCUT2D eigenvalue weighted by Crippen LogP contribution is -2.43. The summed E-state index contributed by atoms with van der Waals surface area (Å²) in [6, 6.07) is 19.8. The summed E-state index contributed by atoms with van der Waals surface area (Å²) in [5.74, 6) is 0.854. The molecule has 1 unspecified atom stereocenters. The molecule has 0 spiro atoms. The number of amides is 1. The van der Waals surface area contributed by atoms with Crippen LogP contribution in [0.15, 0.2) is 82.9 Å². The highest BCUT2D eigenvalue weighted by molar-refractivity contribution is 7.99. The Labute approximate surface area is 207 Å². The van der Waals surface area contributed by atoms with Gasteiger partial charge in [-0.25, -0.2) is 5.43 Å². The third-order valence-corrected chi connectivity index (χ3v) is 7.99. The number of pyridine rings is 2. The molecular formula is C28H26N4O2S. The van der Waals surface area contributed by atoms with Gasteiger partial charge in [0.25, 0.3) is 11.5 Å². The molecule has 0 bridgehead atoms. The van der Waals surface area contributed by atoms with Crippen molar-refractivity contribution in [3.63, 3.8) is 0 Å². The number of hydrogen-bond donors (Lipinski definition) is 2. The Balaban J connectivity index is 1.28. The molecule has 6 nitrogen and oxygen atoms in total. The van der Waals surface area contributed by atoms with E-state index in [0.29, 0.717) is 18.2 Å². The van der Waals surface area contributed by atoms with Crippen LogP contribution in [0.2, 0.25) is 0 Å². The van der Waals surface area contributed by atoms with Crippen LogP contribution in [-0.4, -0.2) is 21.2 Å². The largest absolute Gasteiger partial charge is 0.289 e. The number of hydrogen-bond acceptors (Lipinski definition) is 5. The summed E-state index contributed by atoms with van der Waals surface area (Å²) in [6.45, 7) is 0.493. The van der Waals surface area contributed by atoms with Gasteiger partial charge in [-0.1, -0.05) is 42.5 Å². The number of nitrogens with zero attached hydrogens (tertiary/aromatic N) is 2. The van der Waals surface area contributed by atoms with Crippen molar-refractivity contribution in [3.8, 4) is 0 Å². The van der Waals surface area contributed by atoms with Gasteiger partial charge in [0.1, 0.15) is 6.04 Å². The third kappa shape index (κ3) is 4.37. The first kappa shape index (κ1) is 22.1. The van der Waals surface area contributed by atoms with E-state index in [4.69, 9.17) is 0 Å². The van der Waals surface area contributed by atoms with Crippen LogP contribution in [0, 0.1) is 0 Å². The summed E-state index contributed by atoms with van der Waals surface area (Å²) in [5.41, 5.74) is 10.3. The lowest BCUT2D eigenvalue weighted by atomic mass is 9.95. The number of nitrogens with one attached hydrogen (secondary N) is 2. The van der Waals surface area contributed by atoms with Crippen molar-refractivity contribution in [2.75, 3.05) is 5.75 Å². The third-order valence-electron chi connectivity index (χ3n) is 6.82. The highest BCUT2D eigenvalue weighted by atomic mass is 32.2. The fourth-order valence-electron chi connectivity index (χ4n) is 4.96. The average molecular weight is 483 g/mol. The summed E-state index contributed by atoms with van der Waals surface area (Å²) < 4.78 is 1.72. The maximum absolute atomic E-state index is 13.3. The second kappa shape index (κ2) is 9.32. The van der Waals surface area contributed by atoms with Crippen LogP contribution in [0.1, 0.15) is 47.1 Å². The van der Waals surface area contributed by atoms with Gasteiger partial charge < -0.3 is 0 Å². The van der Waals surface area contributed by atoms with Crippen LogP contribution in [-0.2, 0) is 17.8 Å². The minimum atomic E-state index is -0.517. The Kier molecular flexibility index (Phi) is 5.88. The van der Waals surface area contributed by atoms with E-state index in [0.717, 1.165) is 35.4 Å². The molecule has 2 aromatic heterocycles. The molecule has 1 saturated carbocycles.